The van der Waals surface area contributed by atoms with Gasteiger partial charge in [-0.15, -0.1) is 5.10 Å². The van der Waals surface area contributed by atoms with Gasteiger partial charge >= 0.3 is 4.87 Å². The van der Waals surface area contributed by atoms with Gasteiger partial charge in [0.25, 0.3) is 0 Å². The lowest BCUT2D eigenvalue weighted by Crippen LogP contribution is -2.47. The highest BCUT2D eigenvalue weighted by atomic mass is 32.1. The summed E-state index contributed by atoms with van der Waals surface area (Å²) in [5.74, 6) is 0.565. The number of aromatic nitrogens is 5. The number of furan rings is 1. The maximum atomic E-state index is 15.2. The van der Waals surface area contributed by atoms with Crippen molar-refractivity contribution in [2.24, 2.45) is 0 Å². The van der Waals surface area contributed by atoms with Gasteiger partial charge in [0.1, 0.15) is 10.5 Å². The maximum absolute atomic E-state index is 15.2. The number of fused-ring (bicyclic) bond motifs is 3. The number of nitrogen functional groups attached to an aromatic ring is 1. The second-order valence-electron chi connectivity index (χ2n) is 11.5. The molecular weight excluding hydrogens is 601 g/mol. The van der Waals surface area contributed by atoms with Crippen molar-refractivity contribution in [3.05, 3.63) is 57.6 Å². The number of rotatable bonds is 11. The molecule has 2 N–H and O–H groups in total. The third-order valence-corrected chi connectivity index (χ3v) is 9.60. The van der Waals surface area contributed by atoms with E-state index in [9.17, 15) is 9.59 Å². The van der Waals surface area contributed by atoms with Crippen molar-refractivity contribution >= 4 is 44.8 Å². The van der Waals surface area contributed by atoms with Crippen LogP contribution in [0.4, 0.5) is 16.0 Å². The Hall–Kier alpha value is -4.18. The number of ketones is 1. The number of nitrogens with zero attached hydrogens (tertiary/aromatic N) is 8. The number of Topliss-reactive ketones (excluding diaryl/α,β-unsaturated/α-hetero) is 1. The van der Waals surface area contributed by atoms with Crippen LogP contribution in [0.25, 0.3) is 27.6 Å². The molecule has 0 saturated carbocycles. The van der Waals surface area contributed by atoms with Crippen LogP contribution in [0.1, 0.15) is 23.2 Å². The van der Waals surface area contributed by atoms with Crippen LogP contribution in [-0.2, 0) is 11.3 Å². The number of benzene rings is 1. The Labute approximate surface area is 261 Å². The minimum Gasteiger partial charge on any atom is -0.461 e. The molecule has 0 amide bonds. The van der Waals surface area contributed by atoms with E-state index in [1.54, 1.807) is 28.8 Å². The molecule has 2 fully saturated rings. The molecule has 0 unspecified atom stereocenters. The molecule has 2 aliphatic rings. The Morgan fingerprint density at radius 2 is 1.96 bits per heavy atom. The predicted molar refractivity (Wildman–Crippen MR) is 168 cm³/mol. The Balaban J connectivity index is 0.954. The Bertz CT molecular complexity index is 1890. The highest BCUT2D eigenvalue weighted by Gasteiger charge is 2.24. The van der Waals surface area contributed by atoms with Crippen LogP contribution in [0.15, 0.2) is 45.8 Å². The Morgan fingerprint density at radius 3 is 2.67 bits per heavy atom. The summed E-state index contributed by atoms with van der Waals surface area (Å²) in [5.41, 5.74) is 8.05. The van der Waals surface area contributed by atoms with Gasteiger partial charge in [-0.25, -0.2) is 9.37 Å². The third kappa shape index (κ3) is 5.83. The van der Waals surface area contributed by atoms with Crippen molar-refractivity contribution in [2.75, 3.05) is 70.2 Å². The highest BCUT2D eigenvalue weighted by Crippen LogP contribution is 2.26. The molecule has 0 bridgehead atoms. The number of thiazole rings is 1. The highest BCUT2D eigenvalue weighted by molar-refractivity contribution is 7.17. The van der Waals surface area contributed by atoms with Gasteiger partial charge < -0.3 is 19.8 Å². The number of hydrogen-bond acceptors (Lipinski definition) is 12. The van der Waals surface area contributed by atoms with Crippen LogP contribution in [0.3, 0.4) is 0 Å². The first-order chi connectivity index (χ1) is 21.9. The summed E-state index contributed by atoms with van der Waals surface area (Å²) in [6, 6.07) is 8.74. The van der Waals surface area contributed by atoms with E-state index >= 15 is 4.39 Å². The van der Waals surface area contributed by atoms with Crippen LogP contribution in [0.2, 0.25) is 0 Å². The quantitative estimate of drug-likeness (QED) is 0.214. The van der Waals surface area contributed by atoms with E-state index in [-0.39, 0.29) is 22.4 Å². The fourth-order valence-electron chi connectivity index (χ4n) is 5.82. The van der Waals surface area contributed by atoms with Crippen LogP contribution >= 0.6 is 11.3 Å². The zero-order chi connectivity index (χ0) is 31.1. The number of anilines is 2. The van der Waals surface area contributed by atoms with Crippen LogP contribution in [-0.4, -0.2) is 105 Å². The first kappa shape index (κ1) is 29.5. The normalized spacial score (nSPS) is 16.3. The number of hydrogen-bond donors (Lipinski definition) is 1. The van der Waals surface area contributed by atoms with E-state index in [2.05, 4.69) is 24.9 Å². The molecule has 15 heteroatoms. The molecule has 0 spiro atoms. The molecule has 5 aromatic rings. The molecule has 4 aromatic heterocycles. The Morgan fingerprint density at radius 1 is 1.13 bits per heavy atom. The topological polar surface area (TPSA) is 140 Å². The van der Waals surface area contributed by atoms with Gasteiger partial charge in [-0.1, -0.05) is 11.3 Å². The monoisotopic (exact) mass is 635 g/mol. The van der Waals surface area contributed by atoms with Crippen molar-refractivity contribution in [1.82, 2.24) is 33.9 Å². The van der Waals surface area contributed by atoms with Crippen LogP contribution in [0.5, 0.6) is 0 Å². The molecule has 7 rings (SSSR count). The largest absolute Gasteiger partial charge is 0.461 e. The van der Waals surface area contributed by atoms with Gasteiger partial charge in [0.15, 0.2) is 22.8 Å². The van der Waals surface area contributed by atoms with Gasteiger partial charge in [0.2, 0.25) is 11.8 Å². The SMILES string of the molecule is CN(CCCC(=O)c1ccc(N2CCN(CCn3c(=O)sc4c3nc(N)n3nc(-c5ccco5)nc43)CC2)c(F)c1)C1COC1. The van der Waals surface area contributed by atoms with Crippen molar-refractivity contribution < 1.29 is 18.3 Å². The average molecular weight is 636 g/mol. The fourth-order valence-corrected chi connectivity index (χ4v) is 6.75. The first-order valence-electron chi connectivity index (χ1n) is 15.0. The van der Waals surface area contributed by atoms with Gasteiger partial charge in [-0.3, -0.25) is 24.0 Å². The number of nitrogens with two attached hydrogens (primary N) is 1. The minimum absolute atomic E-state index is 0.0429. The summed E-state index contributed by atoms with van der Waals surface area (Å²) in [4.78, 5) is 41.0. The summed E-state index contributed by atoms with van der Waals surface area (Å²) < 4.78 is 29.4. The summed E-state index contributed by atoms with van der Waals surface area (Å²) in [6.45, 7) is 6.00. The maximum Gasteiger partial charge on any atom is 0.309 e. The zero-order valence-electron chi connectivity index (χ0n) is 24.9. The summed E-state index contributed by atoms with van der Waals surface area (Å²) >= 11 is 1.06. The van der Waals surface area contributed by atoms with E-state index in [0.717, 1.165) is 37.5 Å². The molecule has 45 heavy (non-hydrogen) atoms. The van der Waals surface area contributed by atoms with E-state index in [0.29, 0.717) is 90.6 Å². The summed E-state index contributed by atoms with van der Waals surface area (Å²) in [6.07, 6.45) is 2.65. The third-order valence-electron chi connectivity index (χ3n) is 8.64. The zero-order valence-corrected chi connectivity index (χ0v) is 25.7. The standard InChI is InChI=1S/C30H34FN9O4S/c1-36(20-17-43-18-20)8-2-4-23(41)19-6-7-22(21(31)16-19)38-12-9-37(10-13-38)11-14-39-27-25(45-30(39)42)28-33-26(24-5-3-15-44-24)35-40(28)29(32)34-27/h3,5-7,15-16,20H,2,4,8-14,17-18H2,1H3,(H2,32,34). The van der Waals surface area contributed by atoms with Gasteiger partial charge in [0.05, 0.1) is 31.2 Å². The van der Waals surface area contributed by atoms with Crippen molar-refractivity contribution in [2.45, 2.75) is 25.4 Å². The minimum atomic E-state index is -0.381. The van der Waals surface area contributed by atoms with Crippen molar-refractivity contribution in [3.63, 3.8) is 0 Å². The van der Waals surface area contributed by atoms with E-state index in [4.69, 9.17) is 14.9 Å². The lowest BCUT2D eigenvalue weighted by atomic mass is 10.0. The lowest BCUT2D eigenvalue weighted by molar-refractivity contribution is -0.0560. The molecular formula is C30H34FN9O4S. The van der Waals surface area contributed by atoms with Crippen LogP contribution in [0, 0.1) is 5.82 Å². The second kappa shape index (κ2) is 12.3. The van der Waals surface area contributed by atoms with Crippen molar-refractivity contribution in [1.29, 1.82) is 0 Å². The fraction of sp³-hybridized carbons (Fsp3) is 0.433. The average Bonchev–Trinajstić information content (AvgIpc) is 3.75. The number of carbonyl (C=O) groups is 1. The van der Waals surface area contributed by atoms with Gasteiger partial charge in [-0.2, -0.15) is 9.50 Å². The van der Waals surface area contributed by atoms with E-state index in [1.165, 1.54) is 16.8 Å². The molecule has 0 aliphatic carbocycles. The van der Waals surface area contributed by atoms with E-state index < -0.39 is 0 Å². The molecule has 0 atom stereocenters. The molecule has 6 heterocycles. The summed E-state index contributed by atoms with van der Waals surface area (Å²) in [7, 11) is 2.04. The van der Waals surface area contributed by atoms with Gasteiger partial charge in [0, 0.05) is 51.3 Å². The molecule has 1 aromatic carbocycles. The lowest BCUT2D eigenvalue weighted by Gasteiger charge is -2.36. The van der Waals surface area contributed by atoms with Gasteiger partial charge in [-0.05, 0) is 50.3 Å². The van der Waals surface area contributed by atoms with Crippen molar-refractivity contribution in [3.8, 4) is 11.6 Å². The summed E-state index contributed by atoms with van der Waals surface area (Å²) in [5, 5.41) is 4.40. The van der Waals surface area contributed by atoms with E-state index in [1.807, 2.05) is 11.9 Å². The molecule has 2 saturated heterocycles. The number of piperazine rings is 1. The number of ether oxygens (including phenoxy) is 1. The number of halogens is 1. The molecule has 236 valence electrons. The van der Waals surface area contributed by atoms with Crippen LogP contribution < -0.4 is 15.5 Å². The smallest absolute Gasteiger partial charge is 0.309 e. The number of carbonyl (C=O) groups excluding carboxylic acids is 1. The molecule has 0 radical (unpaired) electrons. The Kier molecular flexibility index (Phi) is 8.08. The second-order valence-corrected chi connectivity index (χ2v) is 12.4. The molecule has 2 aliphatic heterocycles. The number of likely N-dealkylation sites (N-methyl/N-ethyl adjacent to an activating group) is 1. The first-order valence-corrected chi connectivity index (χ1v) is 15.8. The molecule has 13 nitrogen and oxygen atoms in total. The predicted octanol–water partition coefficient (Wildman–Crippen LogP) is 2.60.